The Balaban J connectivity index is 1.38. The number of nitrogens with one attached hydrogen (secondary N) is 1. The molecule has 0 unspecified atom stereocenters. The topological polar surface area (TPSA) is 112 Å². The number of ether oxygens (including phenoxy) is 2. The quantitative estimate of drug-likeness (QED) is 0.176. The summed E-state index contributed by atoms with van der Waals surface area (Å²) in [6, 6.07) is 18.2. The number of halogens is 1. The van der Waals surface area contributed by atoms with Gasteiger partial charge in [0.25, 0.3) is 0 Å². The Labute approximate surface area is 244 Å². The summed E-state index contributed by atoms with van der Waals surface area (Å²) < 4.78 is 10.4. The van der Waals surface area contributed by atoms with Crippen LogP contribution >= 0.6 is 11.6 Å². The summed E-state index contributed by atoms with van der Waals surface area (Å²) in [5.41, 5.74) is 3.03. The van der Waals surface area contributed by atoms with Crippen molar-refractivity contribution in [3.05, 3.63) is 83.0 Å². The van der Waals surface area contributed by atoms with Gasteiger partial charge in [-0.3, -0.25) is 19.9 Å². The van der Waals surface area contributed by atoms with E-state index in [1.165, 1.54) is 14.2 Å². The van der Waals surface area contributed by atoms with Crippen LogP contribution < -0.4 is 14.8 Å². The first kappa shape index (κ1) is 29.6. The molecular formula is C31H34ClN5O4. The Morgan fingerprint density at radius 3 is 2.05 bits per heavy atom. The first-order valence-electron chi connectivity index (χ1n) is 13.2. The van der Waals surface area contributed by atoms with E-state index in [9.17, 15) is 10.2 Å². The van der Waals surface area contributed by atoms with Gasteiger partial charge in [0.2, 0.25) is 0 Å². The Bertz CT molecular complexity index is 1440. The van der Waals surface area contributed by atoms with E-state index in [-0.39, 0.29) is 11.5 Å². The van der Waals surface area contributed by atoms with Gasteiger partial charge >= 0.3 is 0 Å². The molecule has 0 radical (unpaired) electrons. The van der Waals surface area contributed by atoms with Gasteiger partial charge in [0.1, 0.15) is 0 Å². The van der Waals surface area contributed by atoms with E-state index in [0.717, 1.165) is 23.1 Å². The van der Waals surface area contributed by atoms with Crippen molar-refractivity contribution >= 4 is 40.6 Å². The van der Waals surface area contributed by atoms with Crippen molar-refractivity contribution in [1.82, 2.24) is 9.88 Å². The van der Waals surface area contributed by atoms with Crippen molar-refractivity contribution < 1.29 is 19.7 Å². The van der Waals surface area contributed by atoms with Gasteiger partial charge in [0.15, 0.2) is 23.0 Å². The minimum atomic E-state index is 0.0702. The van der Waals surface area contributed by atoms with Gasteiger partial charge in [-0.05, 0) is 48.5 Å². The lowest BCUT2D eigenvalue weighted by atomic mass is 10.2. The van der Waals surface area contributed by atoms with Crippen LogP contribution in [-0.4, -0.2) is 86.0 Å². The van der Waals surface area contributed by atoms with Gasteiger partial charge < -0.3 is 25.0 Å². The molecule has 0 bridgehead atoms. The number of benzene rings is 3. The van der Waals surface area contributed by atoms with Gasteiger partial charge in [-0.1, -0.05) is 23.7 Å². The zero-order valence-corrected chi connectivity index (χ0v) is 23.9. The van der Waals surface area contributed by atoms with Gasteiger partial charge in [-0.25, -0.2) is 0 Å². The lowest BCUT2D eigenvalue weighted by molar-refractivity contribution is 0.301. The molecule has 0 aliphatic rings. The zero-order valence-electron chi connectivity index (χ0n) is 23.1. The number of hydrogen-bond donors (Lipinski definition) is 3. The van der Waals surface area contributed by atoms with E-state index < -0.39 is 0 Å². The molecule has 1 heterocycles. The molecule has 0 atom stereocenters. The maximum absolute atomic E-state index is 10.3. The summed E-state index contributed by atoms with van der Waals surface area (Å²) in [6.45, 7) is 3.90. The highest BCUT2D eigenvalue weighted by Crippen LogP contribution is 2.29. The van der Waals surface area contributed by atoms with Crippen LogP contribution in [-0.2, 0) is 0 Å². The lowest BCUT2D eigenvalue weighted by Gasteiger charge is -2.21. The molecule has 0 fully saturated rings. The minimum absolute atomic E-state index is 0.0702. The van der Waals surface area contributed by atoms with Crippen LogP contribution in [0.1, 0.15) is 11.1 Å². The summed E-state index contributed by atoms with van der Waals surface area (Å²) in [6.07, 6.45) is 5.09. The van der Waals surface area contributed by atoms with E-state index in [1.54, 1.807) is 42.9 Å². The van der Waals surface area contributed by atoms with E-state index in [2.05, 4.69) is 25.2 Å². The third kappa shape index (κ3) is 8.09. The average molecular weight is 576 g/mol. The molecule has 0 amide bonds. The number of aromatic nitrogens is 1. The van der Waals surface area contributed by atoms with Crippen molar-refractivity contribution in [3.8, 4) is 23.0 Å². The second kappa shape index (κ2) is 14.9. The summed E-state index contributed by atoms with van der Waals surface area (Å²) in [5.74, 6) is 0.960. The number of anilines is 1. The van der Waals surface area contributed by atoms with E-state index >= 15 is 0 Å². The highest BCUT2D eigenvalue weighted by atomic mass is 35.5. The van der Waals surface area contributed by atoms with Crippen LogP contribution in [0.2, 0.25) is 5.02 Å². The number of phenols is 2. The van der Waals surface area contributed by atoms with Crippen molar-refractivity contribution in [2.75, 3.05) is 58.8 Å². The zero-order chi connectivity index (χ0) is 29.0. The SMILES string of the molecule is COc1cccc(C=NCCN(CCN=Cc2cccc(OC)c2O)CCNc2ccnc3cc(Cl)ccc23)c1O. The van der Waals surface area contributed by atoms with Crippen LogP contribution in [0.25, 0.3) is 10.9 Å². The number of aliphatic imine (C=N–C) groups is 2. The fourth-order valence-electron chi connectivity index (χ4n) is 4.30. The molecule has 0 saturated heterocycles. The number of methoxy groups -OCH3 is 2. The number of phenolic OH excluding ortho intramolecular Hbond substituents is 2. The number of hydrogen-bond acceptors (Lipinski definition) is 9. The number of rotatable bonds is 14. The van der Waals surface area contributed by atoms with Gasteiger partial charge in [0, 0.05) is 72.0 Å². The third-order valence-electron chi connectivity index (χ3n) is 6.50. The Kier molecular flexibility index (Phi) is 10.8. The molecule has 0 spiro atoms. The Morgan fingerprint density at radius 1 is 0.854 bits per heavy atom. The van der Waals surface area contributed by atoms with Gasteiger partial charge in [0.05, 0.1) is 32.8 Å². The van der Waals surface area contributed by atoms with Crippen molar-refractivity contribution in [2.24, 2.45) is 9.98 Å². The van der Waals surface area contributed by atoms with Crippen molar-refractivity contribution in [2.45, 2.75) is 0 Å². The Morgan fingerprint density at radius 2 is 1.46 bits per heavy atom. The van der Waals surface area contributed by atoms with Crippen LogP contribution in [0, 0.1) is 0 Å². The molecule has 9 nitrogen and oxygen atoms in total. The highest BCUT2D eigenvalue weighted by molar-refractivity contribution is 6.31. The third-order valence-corrected chi connectivity index (χ3v) is 6.74. The molecule has 214 valence electrons. The average Bonchev–Trinajstić information content (AvgIpc) is 2.98. The summed E-state index contributed by atoms with van der Waals surface area (Å²) in [7, 11) is 3.04. The molecule has 3 N–H and O–H groups in total. The summed E-state index contributed by atoms with van der Waals surface area (Å²) >= 11 is 6.13. The van der Waals surface area contributed by atoms with Crippen LogP contribution in [0.4, 0.5) is 5.69 Å². The first-order valence-corrected chi connectivity index (χ1v) is 13.6. The van der Waals surface area contributed by atoms with Gasteiger partial charge in [-0.15, -0.1) is 0 Å². The van der Waals surface area contributed by atoms with Crippen molar-refractivity contribution in [1.29, 1.82) is 0 Å². The smallest absolute Gasteiger partial charge is 0.166 e. The first-order chi connectivity index (χ1) is 20.0. The largest absolute Gasteiger partial charge is 0.504 e. The number of fused-ring (bicyclic) bond motifs is 1. The summed E-state index contributed by atoms with van der Waals surface area (Å²) in [5, 5.41) is 25.8. The minimum Gasteiger partial charge on any atom is -0.504 e. The van der Waals surface area contributed by atoms with Gasteiger partial charge in [-0.2, -0.15) is 0 Å². The van der Waals surface area contributed by atoms with E-state index in [0.29, 0.717) is 60.4 Å². The standard InChI is InChI=1S/C31H34ClN5O4/c1-40-28-7-3-5-22(30(28)38)20-33-13-16-37(17-14-34-21-23-6-4-8-29(41-2)31(23)39)18-15-36-26-11-12-35-27-19-24(32)9-10-25(26)27/h3-12,19-21,38-39H,13-18H2,1-2H3,(H,35,36). The molecule has 0 aliphatic heterocycles. The molecule has 4 rings (SSSR count). The fourth-order valence-corrected chi connectivity index (χ4v) is 4.47. The number of aromatic hydroxyl groups is 2. The predicted molar refractivity (Wildman–Crippen MR) is 166 cm³/mol. The lowest BCUT2D eigenvalue weighted by Crippen LogP contribution is -2.33. The molecular weight excluding hydrogens is 542 g/mol. The van der Waals surface area contributed by atoms with Crippen LogP contribution in [0.3, 0.4) is 0 Å². The van der Waals surface area contributed by atoms with Crippen molar-refractivity contribution in [3.63, 3.8) is 0 Å². The second-order valence-corrected chi connectivity index (χ2v) is 9.59. The molecule has 1 aromatic heterocycles. The number of para-hydroxylation sites is 2. The molecule has 0 saturated carbocycles. The maximum atomic E-state index is 10.3. The van der Waals surface area contributed by atoms with Crippen LogP contribution in [0.5, 0.6) is 23.0 Å². The predicted octanol–water partition coefficient (Wildman–Crippen LogP) is 5.27. The highest BCUT2D eigenvalue weighted by Gasteiger charge is 2.08. The normalized spacial score (nSPS) is 11.6. The molecule has 0 aliphatic carbocycles. The van der Waals surface area contributed by atoms with E-state index in [1.807, 2.05) is 36.4 Å². The Hall–Kier alpha value is -4.34. The monoisotopic (exact) mass is 575 g/mol. The maximum Gasteiger partial charge on any atom is 0.166 e. The van der Waals surface area contributed by atoms with E-state index in [4.69, 9.17) is 21.1 Å². The second-order valence-electron chi connectivity index (χ2n) is 9.16. The molecule has 41 heavy (non-hydrogen) atoms. The molecule has 10 heteroatoms. The summed E-state index contributed by atoms with van der Waals surface area (Å²) in [4.78, 5) is 15.7. The molecule has 4 aromatic rings. The fraction of sp³-hybridized carbons (Fsp3) is 0.258. The molecule has 3 aromatic carbocycles. The number of nitrogens with zero attached hydrogens (tertiary/aromatic N) is 4. The van der Waals surface area contributed by atoms with Crippen LogP contribution in [0.15, 0.2) is 76.8 Å². The number of pyridine rings is 1.